The minimum absolute atomic E-state index is 0.336. The standard InChI is InChI=1S/C8H10BrNS/c1-10-8(2-3-8)6-4-7(9)11-5-6/h4-5,10H,2-3H2,1H3. The van der Waals surface area contributed by atoms with Crippen molar-refractivity contribution in [3.63, 3.8) is 0 Å². The third-order valence-electron chi connectivity index (χ3n) is 2.35. The van der Waals surface area contributed by atoms with E-state index in [1.54, 1.807) is 11.3 Å². The molecule has 0 amide bonds. The van der Waals surface area contributed by atoms with E-state index in [-0.39, 0.29) is 0 Å². The molecule has 1 heterocycles. The molecule has 0 bridgehead atoms. The molecule has 1 aromatic heterocycles. The Morgan fingerprint density at radius 3 is 2.73 bits per heavy atom. The molecule has 0 radical (unpaired) electrons. The molecule has 1 saturated carbocycles. The van der Waals surface area contributed by atoms with E-state index >= 15 is 0 Å². The average Bonchev–Trinajstić information content (AvgIpc) is 2.70. The van der Waals surface area contributed by atoms with Crippen LogP contribution in [-0.4, -0.2) is 7.05 Å². The summed E-state index contributed by atoms with van der Waals surface area (Å²) in [7, 11) is 2.04. The second-order valence-corrected chi connectivity index (χ2v) is 5.26. The lowest BCUT2D eigenvalue weighted by Crippen LogP contribution is -2.23. The highest BCUT2D eigenvalue weighted by Crippen LogP contribution is 2.46. The third kappa shape index (κ3) is 1.25. The van der Waals surface area contributed by atoms with Crippen molar-refractivity contribution in [1.29, 1.82) is 0 Å². The van der Waals surface area contributed by atoms with Crippen molar-refractivity contribution in [2.45, 2.75) is 18.4 Å². The average molecular weight is 232 g/mol. The molecule has 1 fully saturated rings. The zero-order valence-electron chi connectivity index (χ0n) is 6.36. The van der Waals surface area contributed by atoms with Gasteiger partial charge < -0.3 is 5.32 Å². The van der Waals surface area contributed by atoms with Crippen LogP contribution in [0.1, 0.15) is 18.4 Å². The maximum atomic E-state index is 3.47. The molecule has 11 heavy (non-hydrogen) atoms. The van der Waals surface area contributed by atoms with E-state index in [0.29, 0.717) is 5.54 Å². The third-order valence-corrected chi connectivity index (χ3v) is 3.85. The van der Waals surface area contributed by atoms with Gasteiger partial charge in [0.2, 0.25) is 0 Å². The predicted octanol–water partition coefficient (Wildman–Crippen LogP) is 2.72. The summed E-state index contributed by atoms with van der Waals surface area (Å²) >= 11 is 5.24. The van der Waals surface area contributed by atoms with Crippen molar-refractivity contribution in [3.8, 4) is 0 Å². The van der Waals surface area contributed by atoms with Crippen LogP contribution in [0, 0.1) is 0 Å². The number of halogens is 1. The van der Waals surface area contributed by atoms with Crippen molar-refractivity contribution in [2.75, 3.05) is 7.05 Å². The molecule has 0 aliphatic heterocycles. The molecular weight excluding hydrogens is 222 g/mol. The first-order valence-corrected chi connectivity index (χ1v) is 5.37. The Bertz CT molecular complexity index is 265. The first-order chi connectivity index (χ1) is 5.27. The Balaban J connectivity index is 2.29. The molecule has 0 spiro atoms. The second-order valence-electron chi connectivity index (χ2n) is 2.97. The van der Waals surface area contributed by atoms with Crippen LogP contribution >= 0.6 is 27.3 Å². The molecular formula is C8H10BrNS. The Kier molecular flexibility index (Phi) is 1.82. The zero-order chi connectivity index (χ0) is 7.90. The largest absolute Gasteiger partial charge is 0.310 e. The lowest BCUT2D eigenvalue weighted by Gasteiger charge is -2.10. The van der Waals surface area contributed by atoms with Gasteiger partial charge in [-0.15, -0.1) is 11.3 Å². The number of thiophene rings is 1. The van der Waals surface area contributed by atoms with Gasteiger partial charge in [0.15, 0.2) is 0 Å². The van der Waals surface area contributed by atoms with Crippen LogP contribution in [0.2, 0.25) is 0 Å². The molecule has 0 unspecified atom stereocenters. The fourth-order valence-corrected chi connectivity index (χ4v) is 2.62. The van der Waals surface area contributed by atoms with Crippen LogP contribution in [0.4, 0.5) is 0 Å². The Morgan fingerprint density at radius 2 is 2.36 bits per heavy atom. The Hall–Kier alpha value is 0.140. The highest BCUT2D eigenvalue weighted by molar-refractivity contribution is 9.11. The van der Waals surface area contributed by atoms with E-state index in [1.165, 1.54) is 22.2 Å². The molecule has 2 rings (SSSR count). The minimum Gasteiger partial charge on any atom is -0.310 e. The van der Waals surface area contributed by atoms with Gasteiger partial charge in [0.25, 0.3) is 0 Å². The highest BCUT2D eigenvalue weighted by Gasteiger charge is 2.43. The predicted molar refractivity (Wildman–Crippen MR) is 52.0 cm³/mol. The van der Waals surface area contributed by atoms with Gasteiger partial charge in [-0.25, -0.2) is 0 Å². The molecule has 0 aromatic carbocycles. The Morgan fingerprint density at radius 1 is 1.64 bits per heavy atom. The summed E-state index contributed by atoms with van der Waals surface area (Å²) < 4.78 is 1.23. The molecule has 1 aliphatic rings. The first-order valence-electron chi connectivity index (χ1n) is 3.70. The van der Waals surface area contributed by atoms with Gasteiger partial charge in [0.05, 0.1) is 3.79 Å². The monoisotopic (exact) mass is 231 g/mol. The van der Waals surface area contributed by atoms with Gasteiger partial charge in [-0.05, 0) is 52.8 Å². The lowest BCUT2D eigenvalue weighted by molar-refractivity contribution is 0.587. The normalized spacial score (nSPS) is 20.2. The van der Waals surface area contributed by atoms with Gasteiger partial charge in [-0.3, -0.25) is 0 Å². The summed E-state index contributed by atoms with van der Waals surface area (Å²) in [6, 6.07) is 2.22. The molecule has 0 atom stereocenters. The number of nitrogens with one attached hydrogen (secondary N) is 1. The highest BCUT2D eigenvalue weighted by atomic mass is 79.9. The van der Waals surface area contributed by atoms with Crippen molar-refractivity contribution in [1.82, 2.24) is 5.32 Å². The summed E-state index contributed by atoms with van der Waals surface area (Å²) in [5, 5.41) is 5.60. The van der Waals surface area contributed by atoms with E-state index in [9.17, 15) is 0 Å². The van der Waals surface area contributed by atoms with E-state index in [1.807, 2.05) is 7.05 Å². The van der Waals surface area contributed by atoms with Crippen LogP contribution in [0.3, 0.4) is 0 Å². The van der Waals surface area contributed by atoms with Gasteiger partial charge in [-0.2, -0.15) is 0 Å². The SMILES string of the molecule is CNC1(c2csc(Br)c2)CC1. The van der Waals surface area contributed by atoms with Crippen molar-refractivity contribution in [3.05, 3.63) is 20.8 Å². The summed E-state index contributed by atoms with van der Waals surface area (Å²) in [5.74, 6) is 0. The van der Waals surface area contributed by atoms with Crippen LogP contribution in [0.15, 0.2) is 15.2 Å². The summed E-state index contributed by atoms with van der Waals surface area (Å²) in [5.41, 5.74) is 1.78. The maximum Gasteiger partial charge on any atom is 0.0701 e. The van der Waals surface area contributed by atoms with Gasteiger partial charge in [-0.1, -0.05) is 0 Å². The number of hydrogen-bond donors (Lipinski definition) is 1. The lowest BCUT2D eigenvalue weighted by atomic mass is 10.1. The van der Waals surface area contributed by atoms with E-state index in [4.69, 9.17) is 0 Å². The molecule has 0 saturated heterocycles. The summed E-state index contributed by atoms with van der Waals surface area (Å²) in [4.78, 5) is 0. The fraction of sp³-hybridized carbons (Fsp3) is 0.500. The first kappa shape index (κ1) is 7.77. The zero-order valence-corrected chi connectivity index (χ0v) is 8.76. The molecule has 1 N–H and O–H groups in total. The molecule has 60 valence electrons. The fourth-order valence-electron chi connectivity index (χ4n) is 1.37. The second kappa shape index (κ2) is 2.57. The topological polar surface area (TPSA) is 12.0 Å². The molecule has 3 heteroatoms. The van der Waals surface area contributed by atoms with Crippen molar-refractivity contribution in [2.24, 2.45) is 0 Å². The van der Waals surface area contributed by atoms with Crippen LogP contribution < -0.4 is 5.32 Å². The van der Waals surface area contributed by atoms with Gasteiger partial charge in [0.1, 0.15) is 0 Å². The van der Waals surface area contributed by atoms with Gasteiger partial charge >= 0.3 is 0 Å². The van der Waals surface area contributed by atoms with E-state index in [0.717, 1.165) is 0 Å². The quantitative estimate of drug-likeness (QED) is 0.826. The van der Waals surface area contributed by atoms with E-state index in [2.05, 4.69) is 32.7 Å². The van der Waals surface area contributed by atoms with E-state index < -0.39 is 0 Å². The summed E-state index contributed by atoms with van der Waals surface area (Å²) in [6.07, 6.45) is 2.57. The number of hydrogen-bond acceptors (Lipinski definition) is 2. The van der Waals surface area contributed by atoms with Crippen LogP contribution in [0.5, 0.6) is 0 Å². The van der Waals surface area contributed by atoms with Crippen molar-refractivity contribution >= 4 is 27.3 Å². The summed E-state index contributed by atoms with van der Waals surface area (Å²) in [6.45, 7) is 0. The van der Waals surface area contributed by atoms with Gasteiger partial charge in [0, 0.05) is 5.54 Å². The van der Waals surface area contributed by atoms with Crippen LogP contribution in [-0.2, 0) is 5.54 Å². The smallest absolute Gasteiger partial charge is 0.0701 e. The van der Waals surface area contributed by atoms with Crippen molar-refractivity contribution < 1.29 is 0 Å². The maximum absolute atomic E-state index is 3.47. The van der Waals surface area contributed by atoms with Crippen LogP contribution in [0.25, 0.3) is 0 Å². The number of rotatable bonds is 2. The molecule has 1 aromatic rings. The molecule has 1 aliphatic carbocycles. The minimum atomic E-state index is 0.336. The Labute approximate surface area is 78.9 Å². The molecule has 1 nitrogen and oxygen atoms in total.